The first kappa shape index (κ1) is 18.5. The number of ether oxygens (including phenoxy) is 1. The van der Waals surface area contributed by atoms with Crippen molar-refractivity contribution in [3.05, 3.63) is 46.0 Å². The van der Waals surface area contributed by atoms with Crippen molar-refractivity contribution < 1.29 is 19.0 Å². The minimum absolute atomic E-state index is 0.0727. The fourth-order valence-electron chi connectivity index (χ4n) is 2.23. The number of aliphatic carboxylic acids is 1. The van der Waals surface area contributed by atoms with Crippen molar-refractivity contribution in [3.8, 4) is 16.9 Å². The number of halogens is 3. The first-order chi connectivity index (χ1) is 11.2. The van der Waals surface area contributed by atoms with Gasteiger partial charge in [-0.15, -0.1) is 0 Å². The molecule has 0 radical (unpaired) electrons. The number of pyridine rings is 1. The number of benzene rings is 1. The highest BCUT2D eigenvalue weighted by molar-refractivity contribution is 6.31. The predicted molar refractivity (Wildman–Crippen MR) is 91.5 cm³/mol. The predicted octanol–water partition coefficient (Wildman–Crippen LogP) is 5.17. The van der Waals surface area contributed by atoms with Crippen molar-refractivity contribution in [1.29, 1.82) is 0 Å². The van der Waals surface area contributed by atoms with E-state index in [2.05, 4.69) is 4.98 Å². The quantitative estimate of drug-likeness (QED) is 0.736. The molecule has 1 aromatic carbocycles. The fourth-order valence-corrected chi connectivity index (χ4v) is 2.55. The van der Waals surface area contributed by atoms with Crippen molar-refractivity contribution in [3.63, 3.8) is 0 Å². The van der Waals surface area contributed by atoms with Crippen LogP contribution in [0.25, 0.3) is 11.1 Å². The molecular formula is C17H16Cl2FNO3. The first-order valence-electron chi connectivity index (χ1n) is 7.25. The van der Waals surface area contributed by atoms with E-state index < -0.39 is 17.7 Å². The zero-order valence-electron chi connectivity index (χ0n) is 13.3. The van der Waals surface area contributed by atoms with E-state index in [9.17, 15) is 14.3 Å². The van der Waals surface area contributed by atoms with E-state index in [1.807, 2.05) is 0 Å². The molecule has 0 fully saturated rings. The van der Waals surface area contributed by atoms with Crippen molar-refractivity contribution in [2.75, 3.05) is 0 Å². The van der Waals surface area contributed by atoms with Crippen LogP contribution < -0.4 is 4.74 Å². The monoisotopic (exact) mass is 371 g/mol. The van der Waals surface area contributed by atoms with E-state index in [-0.39, 0.29) is 27.6 Å². The lowest BCUT2D eigenvalue weighted by atomic mass is 9.94. The Kier molecular flexibility index (Phi) is 5.67. The van der Waals surface area contributed by atoms with Crippen LogP contribution in [-0.2, 0) is 4.79 Å². The zero-order chi connectivity index (χ0) is 18.0. The second kappa shape index (κ2) is 7.36. The van der Waals surface area contributed by atoms with Gasteiger partial charge in [0.25, 0.3) is 0 Å². The molecule has 0 aliphatic rings. The third-order valence-electron chi connectivity index (χ3n) is 3.41. The molecule has 4 nitrogen and oxygen atoms in total. The molecular weight excluding hydrogens is 356 g/mol. The summed E-state index contributed by atoms with van der Waals surface area (Å²) in [5, 5.41) is 9.40. The standard InChI is InChI=1S/C17H16Cl2FNO3/c1-8(2)24-16-11(9(3)17(22)23)6-12(18)15(20)14(16)10-4-5-13(19)21-7-10/h4-9H,1-3H3,(H,22,23). The molecule has 0 spiro atoms. The number of hydrogen-bond donors (Lipinski definition) is 1. The van der Waals surface area contributed by atoms with Crippen molar-refractivity contribution in [1.82, 2.24) is 4.98 Å². The zero-order valence-corrected chi connectivity index (χ0v) is 14.8. The lowest BCUT2D eigenvalue weighted by molar-refractivity contribution is -0.138. The molecule has 0 aliphatic carbocycles. The number of carboxylic acids is 1. The van der Waals surface area contributed by atoms with E-state index in [0.717, 1.165) is 0 Å². The third-order valence-corrected chi connectivity index (χ3v) is 3.91. The largest absolute Gasteiger partial charge is 0.490 e. The minimum Gasteiger partial charge on any atom is -0.490 e. The lowest BCUT2D eigenvalue weighted by Crippen LogP contribution is -2.14. The average molecular weight is 372 g/mol. The van der Waals surface area contributed by atoms with Crippen LogP contribution in [0.3, 0.4) is 0 Å². The molecule has 7 heteroatoms. The molecule has 1 heterocycles. The van der Waals surface area contributed by atoms with Crippen molar-refractivity contribution >= 4 is 29.2 Å². The second-order valence-electron chi connectivity index (χ2n) is 5.56. The van der Waals surface area contributed by atoms with Crippen molar-refractivity contribution in [2.45, 2.75) is 32.8 Å². The lowest BCUT2D eigenvalue weighted by Gasteiger charge is -2.21. The molecule has 0 saturated heterocycles. The number of hydrogen-bond acceptors (Lipinski definition) is 3. The van der Waals surface area contributed by atoms with Crippen LogP contribution in [-0.4, -0.2) is 22.2 Å². The summed E-state index contributed by atoms with van der Waals surface area (Å²) in [6.07, 6.45) is 1.10. The Balaban J connectivity index is 2.79. The van der Waals surface area contributed by atoms with Gasteiger partial charge in [0.2, 0.25) is 0 Å². The molecule has 2 aromatic rings. The summed E-state index contributed by atoms with van der Waals surface area (Å²) in [5.74, 6) is -2.54. The molecule has 1 atom stereocenters. The SMILES string of the molecule is CC(C)Oc1c(C(C)C(=O)O)cc(Cl)c(F)c1-c1ccc(Cl)nc1. The molecule has 1 unspecified atom stereocenters. The topological polar surface area (TPSA) is 59.4 Å². The molecule has 0 bridgehead atoms. The molecule has 0 aliphatic heterocycles. The molecule has 24 heavy (non-hydrogen) atoms. The number of aromatic nitrogens is 1. The molecule has 0 amide bonds. The maximum Gasteiger partial charge on any atom is 0.310 e. The Bertz CT molecular complexity index is 763. The number of carboxylic acid groups (broad SMARTS) is 1. The Morgan fingerprint density at radius 1 is 1.29 bits per heavy atom. The van der Waals surface area contributed by atoms with E-state index in [0.29, 0.717) is 11.1 Å². The van der Waals surface area contributed by atoms with Crippen LogP contribution in [0.4, 0.5) is 4.39 Å². The Morgan fingerprint density at radius 3 is 2.46 bits per heavy atom. The normalized spacial score (nSPS) is 12.3. The number of nitrogens with zero attached hydrogens (tertiary/aromatic N) is 1. The van der Waals surface area contributed by atoms with Gasteiger partial charge in [-0.3, -0.25) is 4.79 Å². The maximum absolute atomic E-state index is 14.7. The summed E-state index contributed by atoms with van der Waals surface area (Å²) in [6.45, 7) is 5.03. The maximum atomic E-state index is 14.7. The fraction of sp³-hybridized carbons (Fsp3) is 0.294. The van der Waals surface area contributed by atoms with Gasteiger partial charge >= 0.3 is 5.97 Å². The number of rotatable bonds is 5. The molecule has 0 saturated carbocycles. The Hall–Kier alpha value is -1.85. The summed E-state index contributed by atoms with van der Waals surface area (Å²) in [7, 11) is 0. The van der Waals surface area contributed by atoms with E-state index in [1.54, 1.807) is 19.9 Å². The van der Waals surface area contributed by atoms with Crippen LogP contribution in [0, 0.1) is 5.82 Å². The second-order valence-corrected chi connectivity index (χ2v) is 6.36. The molecule has 2 rings (SSSR count). The van der Waals surface area contributed by atoms with Crippen LogP contribution in [0.1, 0.15) is 32.3 Å². The van der Waals surface area contributed by atoms with Crippen LogP contribution in [0.5, 0.6) is 5.75 Å². The molecule has 1 N–H and O–H groups in total. The van der Waals surface area contributed by atoms with Gasteiger partial charge in [-0.25, -0.2) is 9.37 Å². The van der Waals surface area contributed by atoms with Gasteiger partial charge < -0.3 is 9.84 Å². The highest BCUT2D eigenvalue weighted by Gasteiger charge is 2.27. The number of carbonyl (C=O) groups is 1. The molecule has 1 aromatic heterocycles. The van der Waals surface area contributed by atoms with Crippen LogP contribution >= 0.6 is 23.2 Å². The third kappa shape index (κ3) is 3.79. The van der Waals surface area contributed by atoms with E-state index in [1.165, 1.54) is 25.3 Å². The summed E-state index contributed by atoms with van der Waals surface area (Å²) < 4.78 is 20.5. The summed E-state index contributed by atoms with van der Waals surface area (Å²) in [6, 6.07) is 4.38. The first-order valence-corrected chi connectivity index (χ1v) is 8.01. The summed E-state index contributed by atoms with van der Waals surface area (Å²) >= 11 is 11.8. The van der Waals surface area contributed by atoms with E-state index >= 15 is 0 Å². The Morgan fingerprint density at radius 2 is 1.96 bits per heavy atom. The average Bonchev–Trinajstić information content (AvgIpc) is 2.51. The van der Waals surface area contributed by atoms with Gasteiger partial charge in [-0.1, -0.05) is 23.2 Å². The summed E-state index contributed by atoms with van der Waals surface area (Å²) in [4.78, 5) is 15.3. The highest BCUT2D eigenvalue weighted by atomic mass is 35.5. The summed E-state index contributed by atoms with van der Waals surface area (Å²) in [5.41, 5.74) is 0.768. The Labute approximate surface area is 149 Å². The highest BCUT2D eigenvalue weighted by Crippen LogP contribution is 2.42. The van der Waals surface area contributed by atoms with Crippen LogP contribution in [0.2, 0.25) is 10.2 Å². The molecule has 128 valence electrons. The van der Waals surface area contributed by atoms with Gasteiger partial charge in [0.05, 0.1) is 22.6 Å². The van der Waals surface area contributed by atoms with Crippen LogP contribution in [0.15, 0.2) is 24.4 Å². The smallest absolute Gasteiger partial charge is 0.310 e. The minimum atomic E-state index is -1.06. The van der Waals surface area contributed by atoms with Gasteiger partial charge in [0.15, 0.2) is 5.82 Å². The van der Waals surface area contributed by atoms with Gasteiger partial charge in [0, 0.05) is 17.3 Å². The van der Waals surface area contributed by atoms with Crippen molar-refractivity contribution in [2.24, 2.45) is 0 Å². The van der Waals surface area contributed by atoms with E-state index in [4.69, 9.17) is 27.9 Å². The van der Waals surface area contributed by atoms with Gasteiger partial charge in [0.1, 0.15) is 10.9 Å². The van der Waals surface area contributed by atoms with Gasteiger partial charge in [-0.2, -0.15) is 0 Å². The van der Waals surface area contributed by atoms with Gasteiger partial charge in [-0.05, 0) is 39.0 Å².